The number of anilines is 1. The third-order valence-corrected chi connectivity index (χ3v) is 2.75. The molecule has 0 aliphatic heterocycles. The Morgan fingerprint density at radius 3 is 3.00 bits per heavy atom. The SMILES string of the molecule is COCCCCCNc1ccncc1Br. The maximum absolute atomic E-state index is 4.99. The van der Waals surface area contributed by atoms with Crippen molar-refractivity contribution in [2.45, 2.75) is 19.3 Å². The summed E-state index contributed by atoms with van der Waals surface area (Å²) in [5.74, 6) is 0. The van der Waals surface area contributed by atoms with Gasteiger partial charge in [-0.05, 0) is 41.3 Å². The minimum Gasteiger partial charge on any atom is -0.385 e. The number of hydrogen-bond acceptors (Lipinski definition) is 3. The van der Waals surface area contributed by atoms with E-state index < -0.39 is 0 Å². The Balaban J connectivity index is 2.12. The number of rotatable bonds is 7. The number of nitrogens with one attached hydrogen (secondary N) is 1. The number of aromatic nitrogens is 1. The predicted molar refractivity (Wildman–Crippen MR) is 66.2 cm³/mol. The van der Waals surface area contributed by atoms with Crippen molar-refractivity contribution in [3.05, 3.63) is 22.9 Å². The van der Waals surface area contributed by atoms with Crippen molar-refractivity contribution in [3.63, 3.8) is 0 Å². The van der Waals surface area contributed by atoms with Crippen LogP contribution >= 0.6 is 15.9 Å². The van der Waals surface area contributed by atoms with E-state index in [-0.39, 0.29) is 0 Å². The number of halogens is 1. The molecule has 0 fully saturated rings. The molecule has 0 aliphatic carbocycles. The first-order valence-corrected chi connectivity index (χ1v) is 5.96. The summed E-state index contributed by atoms with van der Waals surface area (Å²) in [4.78, 5) is 4.01. The van der Waals surface area contributed by atoms with Crippen LogP contribution in [0.3, 0.4) is 0 Å². The summed E-state index contributed by atoms with van der Waals surface area (Å²) < 4.78 is 6.01. The Morgan fingerprint density at radius 1 is 1.40 bits per heavy atom. The molecule has 0 radical (unpaired) electrons. The standard InChI is InChI=1S/C11H17BrN2O/c1-15-8-4-2-3-6-14-11-5-7-13-9-10(11)12/h5,7,9H,2-4,6,8H2,1H3,(H,13,14). The number of nitrogens with zero attached hydrogens (tertiary/aromatic N) is 1. The first kappa shape index (κ1) is 12.5. The van der Waals surface area contributed by atoms with E-state index in [0.29, 0.717) is 0 Å². The summed E-state index contributed by atoms with van der Waals surface area (Å²) in [5.41, 5.74) is 1.11. The molecule has 0 atom stereocenters. The highest BCUT2D eigenvalue weighted by atomic mass is 79.9. The van der Waals surface area contributed by atoms with Gasteiger partial charge in [0.15, 0.2) is 0 Å². The molecule has 3 nitrogen and oxygen atoms in total. The summed E-state index contributed by atoms with van der Waals surface area (Å²) in [7, 11) is 1.74. The van der Waals surface area contributed by atoms with E-state index >= 15 is 0 Å². The van der Waals surface area contributed by atoms with Gasteiger partial charge in [-0.15, -0.1) is 0 Å². The van der Waals surface area contributed by atoms with Gasteiger partial charge in [0.1, 0.15) is 0 Å². The molecule has 0 spiro atoms. The smallest absolute Gasteiger partial charge is 0.0590 e. The molecule has 1 heterocycles. The van der Waals surface area contributed by atoms with Crippen LogP contribution in [-0.2, 0) is 4.74 Å². The van der Waals surface area contributed by atoms with Gasteiger partial charge >= 0.3 is 0 Å². The Bertz CT molecular complexity index is 281. The van der Waals surface area contributed by atoms with Gasteiger partial charge in [-0.2, -0.15) is 0 Å². The first-order valence-electron chi connectivity index (χ1n) is 5.17. The van der Waals surface area contributed by atoms with E-state index in [2.05, 4.69) is 26.2 Å². The molecule has 15 heavy (non-hydrogen) atoms. The van der Waals surface area contributed by atoms with Crippen LogP contribution in [0.4, 0.5) is 5.69 Å². The lowest BCUT2D eigenvalue weighted by molar-refractivity contribution is 0.192. The van der Waals surface area contributed by atoms with Gasteiger partial charge in [-0.25, -0.2) is 0 Å². The Labute approximate surface area is 99.4 Å². The van der Waals surface area contributed by atoms with Crippen LogP contribution in [0.5, 0.6) is 0 Å². The van der Waals surface area contributed by atoms with E-state index in [9.17, 15) is 0 Å². The fourth-order valence-corrected chi connectivity index (χ4v) is 1.68. The summed E-state index contributed by atoms with van der Waals surface area (Å²) in [6.07, 6.45) is 7.09. The second-order valence-electron chi connectivity index (χ2n) is 3.34. The van der Waals surface area contributed by atoms with E-state index in [0.717, 1.165) is 36.2 Å². The van der Waals surface area contributed by atoms with Crippen molar-refractivity contribution in [1.82, 2.24) is 4.98 Å². The number of pyridine rings is 1. The van der Waals surface area contributed by atoms with Gasteiger partial charge in [0.25, 0.3) is 0 Å². The Kier molecular flexibility index (Phi) is 6.36. The van der Waals surface area contributed by atoms with E-state index in [1.165, 1.54) is 6.42 Å². The monoisotopic (exact) mass is 272 g/mol. The van der Waals surface area contributed by atoms with Crippen molar-refractivity contribution in [2.24, 2.45) is 0 Å². The third-order valence-electron chi connectivity index (χ3n) is 2.11. The molecule has 0 aliphatic rings. The lowest BCUT2D eigenvalue weighted by Crippen LogP contribution is -2.02. The van der Waals surface area contributed by atoms with Gasteiger partial charge < -0.3 is 10.1 Å². The summed E-state index contributed by atoms with van der Waals surface area (Å²) in [6.45, 7) is 1.85. The molecule has 1 aromatic rings. The molecule has 0 amide bonds. The molecule has 1 N–H and O–H groups in total. The number of ether oxygens (including phenoxy) is 1. The Morgan fingerprint density at radius 2 is 2.27 bits per heavy atom. The maximum Gasteiger partial charge on any atom is 0.0590 e. The van der Waals surface area contributed by atoms with Gasteiger partial charge in [0, 0.05) is 32.7 Å². The first-order chi connectivity index (χ1) is 7.34. The average molecular weight is 273 g/mol. The fraction of sp³-hybridized carbons (Fsp3) is 0.545. The molecule has 0 unspecified atom stereocenters. The van der Waals surface area contributed by atoms with Gasteiger partial charge in [0.05, 0.1) is 10.2 Å². The van der Waals surface area contributed by atoms with Crippen LogP contribution in [0.1, 0.15) is 19.3 Å². The average Bonchev–Trinajstić information content (AvgIpc) is 2.25. The minimum absolute atomic E-state index is 0.860. The van der Waals surface area contributed by atoms with E-state index in [1.807, 2.05) is 6.07 Å². The topological polar surface area (TPSA) is 34.1 Å². The molecule has 4 heteroatoms. The van der Waals surface area contributed by atoms with Gasteiger partial charge in [-0.1, -0.05) is 0 Å². The lowest BCUT2D eigenvalue weighted by atomic mass is 10.2. The van der Waals surface area contributed by atoms with Gasteiger partial charge in [0.2, 0.25) is 0 Å². The molecule has 84 valence electrons. The highest BCUT2D eigenvalue weighted by molar-refractivity contribution is 9.10. The van der Waals surface area contributed by atoms with Crippen LogP contribution in [0, 0.1) is 0 Å². The van der Waals surface area contributed by atoms with Crippen molar-refractivity contribution in [1.29, 1.82) is 0 Å². The second kappa shape index (κ2) is 7.65. The largest absolute Gasteiger partial charge is 0.385 e. The van der Waals surface area contributed by atoms with Crippen molar-refractivity contribution in [3.8, 4) is 0 Å². The van der Waals surface area contributed by atoms with Crippen LogP contribution in [0.15, 0.2) is 22.9 Å². The number of unbranched alkanes of at least 4 members (excludes halogenated alkanes) is 2. The molecule has 1 aromatic heterocycles. The molecule has 0 saturated carbocycles. The Hall–Kier alpha value is -0.610. The summed E-state index contributed by atoms with van der Waals surface area (Å²) in [5, 5.41) is 3.36. The molecule has 0 bridgehead atoms. The molecular formula is C11H17BrN2O. The van der Waals surface area contributed by atoms with Crippen LogP contribution in [0.2, 0.25) is 0 Å². The molecular weight excluding hydrogens is 256 g/mol. The highest BCUT2D eigenvalue weighted by Crippen LogP contribution is 2.19. The highest BCUT2D eigenvalue weighted by Gasteiger charge is 1.96. The quantitative estimate of drug-likeness (QED) is 0.775. The van der Waals surface area contributed by atoms with E-state index in [1.54, 1.807) is 19.5 Å². The zero-order chi connectivity index (χ0) is 10.9. The van der Waals surface area contributed by atoms with Crippen LogP contribution in [0.25, 0.3) is 0 Å². The third kappa shape index (κ3) is 5.14. The molecule has 0 saturated heterocycles. The summed E-state index contributed by atoms with van der Waals surface area (Å²) >= 11 is 3.45. The predicted octanol–water partition coefficient (Wildman–Crippen LogP) is 3.07. The lowest BCUT2D eigenvalue weighted by Gasteiger charge is -2.07. The maximum atomic E-state index is 4.99. The van der Waals surface area contributed by atoms with Crippen LogP contribution in [-0.4, -0.2) is 25.2 Å². The minimum atomic E-state index is 0.860. The zero-order valence-electron chi connectivity index (χ0n) is 9.00. The zero-order valence-corrected chi connectivity index (χ0v) is 10.6. The molecule has 0 aromatic carbocycles. The number of hydrogen-bond donors (Lipinski definition) is 1. The normalized spacial score (nSPS) is 10.3. The summed E-state index contributed by atoms with van der Waals surface area (Å²) in [6, 6.07) is 1.97. The van der Waals surface area contributed by atoms with Crippen molar-refractivity contribution < 1.29 is 4.74 Å². The fourth-order valence-electron chi connectivity index (χ4n) is 1.29. The van der Waals surface area contributed by atoms with Crippen LogP contribution < -0.4 is 5.32 Å². The van der Waals surface area contributed by atoms with Gasteiger partial charge in [-0.3, -0.25) is 4.98 Å². The number of methoxy groups -OCH3 is 1. The molecule has 1 rings (SSSR count). The second-order valence-corrected chi connectivity index (χ2v) is 4.19. The van der Waals surface area contributed by atoms with E-state index in [4.69, 9.17) is 4.74 Å². The van der Waals surface area contributed by atoms with Crippen molar-refractivity contribution in [2.75, 3.05) is 25.6 Å². The van der Waals surface area contributed by atoms with Crippen molar-refractivity contribution >= 4 is 21.6 Å².